The molecule has 0 aliphatic carbocycles. The minimum absolute atomic E-state index is 0.183. The van der Waals surface area contributed by atoms with Gasteiger partial charge in [-0.05, 0) is 25.7 Å². The summed E-state index contributed by atoms with van der Waals surface area (Å²) in [5.74, 6) is -0.186. The highest BCUT2D eigenvalue weighted by atomic mass is 32.1. The fourth-order valence-electron chi connectivity index (χ4n) is 3.05. The number of nitrogens with two attached hydrogens (primary N) is 1. The molecule has 3 N–H and O–H groups in total. The van der Waals surface area contributed by atoms with E-state index in [1.807, 2.05) is 12.2 Å². The Morgan fingerprint density at radius 2 is 2.11 bits per heavy atom. The van der Waals surface area contributed by atoms with Gasteiger partial charge in [0.15, 0.2) is 0 Å². The molecular weight excluding hydrogens is 250 g/mol. The Balaban J connectivity index is 1.84. The molecule has 4 atom stereocenters. The fraction of sp³-hybridized carbons (Fsp3) is 0.692. The van der Waals surface area contributed by atoms with Crippen molar-refractivity contribution >= 4 is 23.2 Å². The predicted molar refractivity (Wildman–Crippen MR) is 72.3 cm³/mol. The van der Waals surface area contributed by atoms with Crippen molar-refractivity contribution in [2.45, 2.75) is 44.3 Å². The fourth-order valence-corrected chi connectivity index (χ4v) is 3.37. The van der Waals surface area contributed by atoms with Crippen molar-refractivity contribution in [2.75, 3.05) is 0 Å². The van der Waals surface area contributed by atoms with Crippen LogP contribution in [0.2, 0.25) is 0 Å². The Morgan fingerprint density at radius 1 is 1.39 bits per heavy atom. The Morgan fingerprint density at radius 3 is 2.78 bits per heavy atom. The molecule has 2 aliphatic rings. The smallest absolute Gasteiger partial charge is 0.303 e. The normalized spacial score (nSPS) is 34.2. The first-order chi connectivity index (χ1) is 8.59. The Bertz CT molecular complexity index is 369. The van der Waals surface area contributed by atoms with Crippen molar-refractivity contribution in [3.05, 3.63) is 12.2 Å². The number of aliphatic carboxylic acids is 1. The Hall–Kier alpha value is -0.940. The molecule has 100 valence electrons. The molecule has 18 heavy (non-hydrogen) atoms. The second kappa shape index (κ2) is 5.80. The minimum Gasteiger partial charge on any atom is -0.481 e. The quantitative estimate of drug-likeness (QED) is 0.569. The maximum atomic E-state index is 10.4. The summed E-state index contributed by atoms with van der Waals surface area (Å²) in [4.78, 5) is 10.9. The standard InChI is InChI=1S/C13H19NO3S/c14-13(18)12-8(9-6-7-10(12)17-9)4-2-1-3-5-11(15)16/h1-2,8-10,12H,3-7H2,(H2,14,18)(H,15,16)/b2-1-/t8-,9-,10+,12-/m1/s1. The molecule has 2 heterocycles. The third-order valence-corrected chi connectivity index (χ3v) is 4.13. The van der Waals surface area contributed by atoms with E-state index in [-0.39, 0.29) is 24.5 Å². The van der Waals surface area contributed by atoms with Crippen molar-refractivity contribution in [1.82, 2.24) is 0 Å². The average Bonchev–Trinajstić information content (AvgIpc) is 2.87. The summed E-state index contributed by atoms with van der Waals surface area (Å²) >= 11 is 5.13. The van der Waals surface area contributed by atoms with E-state index in [4.69, 9.17) is 27.8 Å². The van der Waals surface area contributed by atoms with E-state index < -0.39 is 5.97 Å². The molecule has 0 radical (unpaired) electrons. The summed E-state index contributed by atoms with van der Waals surface area (Å²) in [5, 5.41) is 8.54. The molecule has 5 heteroatoms. The lowest BCUT2D eigenvalue weighted by atomic mass is 9.77. The summed E-state index contributed by atoms with van der Waals surface area (Å²) in [6.07, 6.45) is 8.26. The molecular formula is C13H19NO3S. The summed E-state index contributed by atoms with van der Waals surface area (Å²) in [6, 6.07) is 0. The molecule has 4 nitrogen and oxygen atoms in total. The van der Waals surface area contributed by atoms with Crippen LogP contribution >= 0.6 is 12.2 Å². The maximum absolute atomic E-state index is 10.4. The topological polar surface area (TPSA) is 72.6 Å². The van der Waals surface area contributed by atoms with Crippen molar-refractivity contribution < 1.29 is 14.6 Å². The summed E-state index contributed by atoms with van der Waals surface area (Å²) in [6.45, 7) is 0. The number of ether oxygens (including phenoxy) is 1. The van der Waals surface area contributed by atoms with Gasteiger partial charge in [0.1, 0.15) is 0 Å². The number of fused-ring (bicyclic) bond motifs is 2. The summed E-state index contributed by atoms with van der Waals surface area (Å²) in [7, 11) is 0. The second-order valence-electron chi connectivity index (χ2n) is 5.02. The van der Waals surface area contributed by atoms with Crippen LogP contribution in [0.5, 0.6) is 0 Å². The number of carbonyl (C=O) groups is 1. The van der Waals surface area contributed by atoms with Gasteiger partial charge in [-0.25, -0.2) is 0 Å². The molecule has 2 fully saturated rings. The van der Waals surface area contributed by atoms with Gasteiger partial charge in [-0.2, -0.15) is 0 Å². The summed E-state index contributed by atoms with van der Waals surface area (Å²) < 4.78 is 5.86. The molecule has 0 aromatic heterocycles. The van der Waals surface area contributed by atoms with E-state index in [1.54, 1.807) is 0 Å². The third-order valence-electron chi connectivity index (χ3n) is 3.85. The highest BCUT2D eigenvalue weighted by Gasteiger charge is 2.49. The molecule has 2 saturated heterocycles. The first-order valence-corrected chi connectivity index (χ1v) is 6.82. The number of thiocarbonyl (C=S) groups is 1. The van der Waals surface area contributed by atoms with Gasteiger partial charge in [0.2, 0.25) is 0 Å². The van der Waals surface area contributed by atoms with E-state index >= 15 is 0 Å². The van der Waals surface area contributed by atoms with Crippen LogP contribution in [-0.4, -0.2) is 28.3 Å². The molecule has 2 aliphatic heterocycles. The highest BCUT2D eigenvalue weighted by Crippen LogP contribution is 2.45. The van der Waals surface area contributed by atoms with Crippen molar-refractivity contribution in [2.24, 2.45) is 17.6 Å². The second-order valence-corrected chi connectivity index (χ2v) is 5.49. The van der Waals surface area contributed by atoms with E-state index in [1.165, 1.54) is 0 Å². The molecule has 2 bridgehead atoms. The number of carboxylic acids is 1. The van der Waals surface area contributed by atoms with Gasteiger partial charge in [-0.1, -0.05) is 24.4 Å². The third kappa shape index (κ3) is 2.90. The zero-order valence-electron chi connectivity index (χ0n) is 10.2. The van der Waals surface area contributed by atoms with E-state index in [0.29, 0.717) is 17.3 Å². The number of carboxylic acid groups (broad SMARTS) is 1. The lowest BCUT2D eigenvalue weighted by molar-refractivity contribution is -0.136. The maximum Gasteiger partial charge on any atom is 0.303 e. The summed E-state index contributed by atoms with van der Waals surface area (Å²) in [5.41, 5.74) is 5.79. The molecule has 0 unspecified atom stereocenters. The van der Waals surface area contributed by atoms with Gasteiger partial charge >= 0.3 is 5.97 Å². The van der Waals surface area contributed by atoms with Gasteiger partial charge in [0.25, 0.3) is 0 Å². The number of allylic oxidation sites excluding steroid dienone is 2. The minimum atomic E-state index is -0.760. The zero-order valence-corrected chi connectivity index (χ0v) is 11.1. The van der Waals surface area contributed by atoms with Gasteiger partial charge in [-0.3, -0.25) is 4.79 Å². The molecule has 0 aromatic carbocycles. The van der Waals surface area contributed by atoms with E-state index in [0.717, 1.165) is 19.3 Å². The molecule has 0 saturated carbocycles. The van der Waals surface area contributed by atoms with Gasteiger partial charge in [0.05, 0.1) is 17.2 Å². The SMILES string of the molecule is NC(=S)[C@@H]1[C@H](C/C=C\CCC(=O)O)[C@H]2CC[C@@H]1O2. The number of hydrogen-bond acceptors (Lipinski definition) is 3. The van der Waals surface area contributed by atoms with Crippen LogP contribution in [0.1, 0.15) is 32.1 Å². The van der Waals surface area contributed by atoms with Crippen molar-refractivity contribution in [1.29, 1.82) is 0 Å². The van der Waals surface area contributed by atoms with Crippen LogP contribution in [0.25, 0.3) is 0 Å². The van der Waals surface area contributed by atoms with Gasteiger partial charge < -0.3 is 15.6 Å². The Labute approximate surface area is 112 Å². The van der Waals surface area contributed by atoms with Crippen LogP contribution in [-0.2, 0) is 9.53 Å². The van der Waals surface area contributed by atoms with Crippen molar-refractivity contribution in [3.8, 4) is 0 Å². The number of rotatable bonds is 6. The predicted octanol–water partition coefficient (Wildman–Crippen LogP) is 1.88. The van der Waals surface area contributed by atoms with Crippen LogP contribution < -0.4 is 5.73 Å². The van der Waals surface area contributed by atoms with Crippen LogP contribution in [0.15, 0.2) is 12.2 Å². The zero-order chi connectivity index (χ0) is 13.1. The molecule has 0 amide bonds. The average molecular weight is 269 g/mol. The molecule has 2 rings (SSSR count). The molecule has 0 aromatic rings. The van der Waals surface area contributed by atoms with Crippen LogP contribution in [0, 0.1) is 11.8 Å². The van der Waals surface area contributed by atoms with Crippen LogP contribution in [0.3, 0.4) is 0 Å². The van der Waals surface area contributed by atoms with E-state index in [9.17, 15) is 4.79 Å². The van der Waals surface area contributed by atoms with Gasteiger partial charge in [0, 0.05) is 18.3 Å². The number of hydrogen-bond donors (Lipinski definition) is 2. The van der Waals surface area contributed by atoms with Gasteiger partial charge in [-0.15, -0.1) is 0 Å². The van der Waals surface area contributed by atoms with Crippen LogP contribution in [0.4, 0.5) is 0 Å². The monoisotopic (exact) mass is 269 g/mol. The van der Waals surface area contributed by atoms with Crippen molar-refractivity contribution in [3.63, 3.8) is 0 Å². The lowest BCUT2D eigenvalue weighted by Gasteiger charge is -2.26. The van der Waals surface area contributed by atoms with E-state index in [2.05, 4.69) is 0 Å². The first-order valence-electron chi connectivity index (χ1n) is 6.41. The first kappa shape index (κ1) is 13.5. The Kier molecular flexibility index (Phi) is 4.35. The largest absolute Gasteiger partial charge is 0.481 e. The molecule has 0 spiro atoms. The lowest BCUT2D eigenvalue weighted by Crippen LogP contribution is -2.36. The highest BCUT2D eigenvalue weighted by molar-refractivity contribution is 7.80.